The molecular weight excluding hydrogens is 356 g/mol. The van der Waals surface area contributed by atoms with Gasteiger partial charge in [0.1, 0.15) is 12.1 Å². The van der Waals surface area contributed by atoms with Crippen molar-refractivity contribution in [2.75, 3.05) is 0 Å². The monoisotopic (exact) mass is 374 g/mol. The van der Waals surface area contributed by atoms with Crippen LogP contribution in [0.15, 0.2) is 72.8 Å². The summed E-state index contributed by atoms with van der Waals surface area (Å²) in [7, 11) is 0. The molecule has 3 aromatic heterocycles. The molecule has 0 aliphatic carbocycles. The number of amides is 1. The number of rotatable bonds is 5. The lowest BCUT2D eigenvalue weighted by molar-refractivity contribution is 0.0955. The van der Waals surface area contributed by atoms with Crippen LogP contribution in [0.3, 0.4) is 0 Å². The first-order chi connectivity index (χ1) is 13.2. The summed E-state index contributed by atoms with van der Waals surface area (Å²) in [5.74, 6) is 0.724. The number of carbonyl (C=O) groups excluding carboxylic acids is 1. The molecule has 0 atom stereocenters. The van der Waals surface area contributed by atoms with Gasteiger partial charge in [-0.1, -0.05) is 35.9 Å². The first-order valence-electron chi connectivity index (χ1n) is 8.57. The Morgan fingerprint density at radius 2 is 2.00 bits per heavy atom. The average molecular weight is 374 g/mol. The molecule has 3 heterocycles. The molecule has 1 aromatic carbocycles. The van der Waals surface area contributed by atoms with Crippen LogP contribution in [0, 0.1) is 6.92 Å². The lowest BCUT2D eigenvalue weighted by Crippen LogP contribution is -2.22. The standard InChI is InChI=1S/C21H18N4OS/c1-15-2-5-17(6-3-15)18-8-11-27-20(18)21(26)24-13-16-4-7-19(23-12-16)25-10-9-22-14-25/h2-12,14H,13H2,1H3,(H,24,26). The lowest BCUT2D eigenvalue weighted by Gasteiger charge is -2.08. The molecule has 0 saturated carbocycles. The zero-order chi connectivity index (χ0) is 18.6. The highest BCUT2D eigenvalue weighted by Gasteiger charge is 2.14. The van der Waals surface area contributed by atoms with Gasteiger partial charge in [0.25, 0.3) is 5.91 Å². The van der Waals surface area contributed by atoms with E-state index in [1.807, 2.05) is 46.5 Å². The van der Waals surface area contributed by atoms with E-state index in [1.165, 1.54) is 16.9 Å². The molecule has 0 aliphatic rings. The first kappa shape index (κ1) is 17.2. The second kappa shape index (κ2) is 7.55. The van der Waals surface area contributed by atoms with Crippen molar-refractivity contribution in [2.24, 2.45) is 0 Å². The van der Waals surface area contributed by atoms with E-state index in [0.29, 0.717) is 6.54 Å². The normalized spacial score (nSPS) is 10.7. The number of aromatic nitrogens is 3. The van der Waals surface area contributed by atoms with Crippen LogP contribution in [0.4, 0.5) is 0 Å². The van der Waals surface area contributed by atoms with Gasteiger partial charge in [0.2, 0.25) is 0 Å². The van der Waals surface area contributed by atoms with Crippen LogP contribution in [0.1, 0.15) is 20.8 Å². The Morgan fingerprint density at radius 1 is 1.15 bits per heavy atom. The van der Waals surface area contributed by atoms with Crippen molar-refractivity contribution in [3.63, 3.8) is 0 Å². The number of benzene rings is 1. The van der Waals surface area contributed by atoms with Crippen molar-refractivity contribution < 1.29 is 4.79 Å². The molecule has 0 fully saturated rings. The van der Waals surface area contributed by atoms with Crippen LogP contribution in [0.25, 0.3) is 16.9 Å². The van der Waals surface area contributed by atoms with Gasteiger partial charge in [0.05, 0.1) is 4.88 Å². The topological polar surface area (TPSA) is 59.8 Å². The van der Waals surface area contributed by atoms with Gasteiger partial charge in [-0.2, -0.15) is 0 Å². The molecule has 27 heavy (non-hydrogen) atoms. The van der Waals surface area contributed by atoms with Crippen LogP contribution in [-0.2, 0) is 6.54 Å². The zero-order valence-electron chi connectivity index (χ0n) is 14.8. The molecule has 0 bridgehead atoms. The predicted octanol–water partition coefficient (Wildman–Crippen LogP) is 4.23. The minimum Gasteiger partial charge on any atom is -0.347 e. The van der Waals surface area contributed by atoms with E-state index in [-0.39, 0.29) is 5.91 Å². The van der Waals surface area contributed by atoms with E-state index in [0.717, 1.165) is 27.4 Å². The van der Waals surface area contributed by atoms with E-state index in [9.17, 15) is 4.79 Å². The summed E-state index contributed by atoms with van der Waals surface area (Å²) < 4.78 is 1.84. The van der Waals surface area contributed by atoms with E-state index < -0.39 is 0 Å². The van der Waals surface area contributed by atoms with Crippen molar-refractivity contribution in [1.82, 2.24) is 19.9 Å². The van der Waals surface area contributed by atoms with Crippen LogP contribution < -0.4 is 5.32 Å². The van der Waals surface area contributed by atoms with Crippen LogP contribution in [-0.4, -0.2) is 20.4 Å². The van der Waals surface area contributed by atoms with Gasteiger partial charge in [-0.15, -0.1) is 11.3 Å². The summed E-state index contributed by atoms with van der Waals surface area (Å²) >= 11 is 1.45. The predicted molar refractivity (Wildman–Crippen MR) is 107 cm³/mol. The fourth-order valence-corrected chi connectivity index (χ4v) is 3.61. The summed E-state index contributed by atoms with van der Waals surface area (Å²) in [6.45, 7) is 2.48. The molecule has 1 N–H and O–H groups in total. The Hall–Kier alpha value is -3.25. The Labute approximate surface area is 161 Å². The fraction of sp³-hybridized carbons (Fsp3) is 0.0952. The number of nitrogens with zero attached hydrogens (tertiary/aromatic N) is 3. The highest BCUT2D eigenvalue weighted by Crippen LogP contribution is 2.28. The molecule has 5 nitrogen and oxygen atoms in total. The number of aryl methyl sites for hydroxylation is 1. The highest BCUT2D eigenvalue weighted by atomic mass is 32.1. The van der Waals surface area contributed by atoms with Crippen LogP contribution in [0.5, 0.6) is 0 Å². The summed E-state index contributed by atoms with van der Waals surface area (Å²) in [6.07, 6.45) is 7.02. The zero-order valence-corrected chi connectivity index (χ0v) is 15.6. The van der Waals surface area contributed by atoms with Gasteiger partial charge in [0, 0.05) is 30.7 Å². The van der Waals surface area contributed by atoms with Crippen molar-refractivity contribution in [3.05, 3.63) is 88.8 Å². The summed E-state index contributed by atoms with van der Waals surface area (Å²) in [6, 6.07) is 14.1. The molecule has 0 spiro atoms. The number of thiophene rings is 1. The smallest absolute Gasteiger partial charge is 0.262 e. The highest BCUT2D eigenvalue weighted by molar-refractivity contribution is 7.12. The number of hydrogen-bond acceptors (Lipinski definition) is 4. The average Bonchev–Trinajstić information content (AvgIpc) is 3.39. The number of nitrogens with one attached hydrogen (secondary N) is 1. The molecular formula is C21H18N4OS. The molecule has 0 radical (unpaired) electrons. The fourth-order valence-electron chi connectivity index (χ4n) is 2.78. The van der Waals surface area contributed by atoms with Gasteiger partial charge in [-0.05, 0) is 35.6 Å². The molecule has 6 heteroatoms. The number of hydrogen-bond donors (Lipinski definition) is 1. The third kappa shape index (κ3) is 3.80. The Morgan fingerprint density at radius 3 is 2.70 bits per heavy atom. The second-order valence-electron chi connectivity index (χ2n) is 6.21. The van der Waals surface area contributed by atoms with E-state index in [2.05, 4.69) is 34.3 Å². The van der Waals surface area contributed by atoms with E-state index >= 15 is 0 Å². The number of imidazole rings is 1. The third-order valence-corrected chi connectivity index (χ3v) is 5.18. The quantitative estimate of drug-likeness (QED) is 0.569. The van der Waals surface area contributed by atoms with Gasteiger partial charge < -0.3 is 5.32 Å². The van der Waals surface area contributed by atoms with Crippen molar-refractivity contribution in [2.45, 2.75) is 13.5 Å². The van der Waals surface area contributed by atoms with Crippen LogP contribution in [0.2, 0.25) is 0 Å². The molecule has 4 aromatic rings. The molecule has 134 valence electrons. The minimum atomic E-state index is -0.0701. The summed E-state index contributed by atoms with van der Waals surface area (Å²) in [5.41, 5.74) is 4.16. The SMILES string of the molecule is Cc1ccc(-c2ccsc2C(=O)NCc2ccc(-n3ccnc3)nc2)cc1. The number of pyridine rings is 1. The van der Waals surface area contributed by atoms with Gasteiger partial charge in [-0.3, -0.25) is 9.36 Å². The third-order valence-electron chi connectivity index (χ3n) is 4.27. The van der Waals surface area contributed by atoms with Gasteiger partial charge in [0.15, 0.2) is 0 Å². The lowest BCUT2D eigenvalue weighted by atomic mass is 10.0. The van der Waals surface area contributed by atoms with E-state index in [4.69, 9.17) is 0 Å². The molecule has 1 amide bonds. The Bertz CT molecular complexity index is 1030. The molecule has 0 aliphatic heterocycles. The van der Waals surface area contributed by atoms with E-state index in [1.54, 1.807) is 18.7 Å². The maximum absolute atomic E-state index is 12.7. The minimum absolute atomic E-state index is 0.0701. The largest absolute Gasteiger partial charge is 0.347 e. The molecule has 0 unspecified atom stereocenters. The maximum Gasteiger partial charge on any atom is 0.262 e. The van der Waals surface area contributed by atoms with Gasteiger partial charge >= 0.3 is 0 Å². The van der Waals surface area contributed by atoms with Crippen LogP contribution >= 0.6 is 11.3 Å². The van der Waals surface area contributed by atoms with Gasteiger partial charge in [-0.25, -0.2) is 9.97 Å². The van der Waals surface area contributed by atoms with Crippen molar-refractivity contribution in [1.29, 1.82) is 0 Å². The Balaban J connectivity index is 1.44. The molecule has 4 rings (SSSR count). The summed E-state index contributed by atoms with van der Waals surface area (Å²) in [5, 5.41) is 4.94. The maximum atomic E-state index is 12.7. The Kier molecular flexibility index (Phi) is 4.80. The molecule has 0 saturated heterocycles. The second-order valence-corrected chi connectivity index (χ2v) is 7.12. The number of carbonyl (C=O) groups is 1. The first-order valence-corrected chi connectivity index (χ1v) is 9.44. The van der Waals surface area contributed by atoms with Crippen molar-refractivity contribution >= 4 is 17.2 Å². The van der Waals surface area contributed by atoms with Crippen molar-refractivity contribution in [3.8, 4) is 16.9 Å². The summed E-state index contributed by atoms with van der Waals surface area (Å²) in [4.78, 5) is 21.8.